The quantitative estimate of drug-likeness (QED) is 0.0817. The Morgan fingerprint density at radius 1 is 0.780 bits per heavy atom. The molecule has 0 atom stereocenters. The third kappa shape index (κ3) is 10.1. The average molecular weight is 720 g/mol. The van der Waals surface area contributed by atoms with Crippen molar-refractivity contribution in [2.75, 3.05) is 0 Å². The number of amides is 1. The number of allylic oxidation sites excluding steroid dienone is 2. The summed E-state index contributed by atoms with van der Waals surface area (Å²) in [5.74, 6) is -1.94. The lowest BCUT2D eigenvalue weighted by Gasteiger charge is -2.20. The molecule has 0 spiro atoms. The van der Waals surface area contributed by atoms with Gasteiger partial charge in [0.2, 0.25) is 0 Å². The molecule has 6 rings (SSSR count). The second-order valence-electron chi connectivity index (χ2n) is 10.7. The minimum Gasteiger partial charge on any atom is -0.370 e. The van der Waals surface area contributed by atoms with Crippen LogP contribution in [-0.4, -0.2) is 24.1 Å². The number of benzene rings is 4. The first kappa shape index (κ1) is 39.1. The Morgan fingerprint density at radius 3 is 1.96 bits per heavy atom. The molecule has 0 aliphatic heterocycles. The number of nitrogens with two attached hydrogens (primary N) is 4. The normalized spacial score (nSPS) is 12.3. The van der Waals surface area contributed by atoms with E-state index in [-0.39, 0.29) is 22.8 Å². The van der Waals surface area contributed by atoms with E-state index in [1.807, 2.05) is 44.2 Å². The van der Waals surface area contributed by atoms with Crippen LogP contribution in [-0.2, 0) is 12.8 Å². The number of aryl methyl sites for hydroxylation is 2. The van der Waals surface area contributed by atoms with Crippen LogP contribution in [0.5, 0.6) is 0 Å². The van der Waals surface area contributed by atoms with Gasteiger partial charge in [-0.1, -0.05) is 79.5 Å². The van der Waals surface area contributed by atoms with E-state index >= 15 is 0 Å². The van der Waals surface area contributed by atoms with Gasteiger partial charge in [-0.05, 0) is 102 Å². The van der Waals surface area contributed by atoms with E-state index in [4.69, 9.17) is 40.1 Å². The molecule has 4 aromatic rings. The predicted molar refractivity (Wildman–Crippen MR) is 199 cm³/mol. The molecule has 0 aromatic heterocycles. The van der Waals surface area contributed by atoms with Crippen molar-refractivity contribution in [2.45, 2.75) is 39.5 Å². The summed E-state index contributed by atoms with van der Waals surface area (Å²) in [5, 5.41) is 6.64. The largest absolute Gasteiger partial charge is 0.370 e. The van der Waals surface area contributed by atoms with Crippen LogP contribution in [0.3, 0.4) is 0 Å². The number of carbonyl (C=O) groups excluding carboxylic acids is 2. The standard InChI is InChI=1S/C18H15ClFN3O.C17H12ClFO.C2H6.CH5N3/c19-16-13(5-2-6-15(16)20)12-4-1-3-10-7-8-11(9-14(10)12)17(24)23-18(21)22;18-17-7-6-13(19)9-16(17)14-3-1-2-12-5-4-11(10-20)8-15(12)14;1-2;2-1(3)4/h2,4-9H,1,3H2,(H4,21,22,23,24);3-10H,1-2H2;1-2H3;(H5,2,3,4). The number of aldehydes is 1. The maximum atomic E-state index is 13.8. The number of hydrogen-bond acceptors (Lipinski definition) is 3. The molecule has 9 N–H and O–H groups in total. The zero-order chi connectivity index (χ0) is 37.0. The number of hydrogen-bond donors (Lipinski definition) is 5. The Kier molecular flexibility index (Phi) is 14.4. The SMILES string of the molecule is CC.N=C(N)N.NC(N)=NC(=O)c1ccc2c(c1)C(c1cccc(F)c1Cl)=CCC2.O=Cc1ccc2c(c1)C(c1cc(F)ccc1Cl)=CCC2. The minimum absolute atomic E-state index is 0.0672. The van der Waals surface area contributed by atoms with Crippen molar-refractivity contribution in [3.63, 3.8) is 0 Å². The Labute approximate surface area is 300 Å². The van der Waals surface area contributed by atoms with Crippen LogP contribution >= 0.6 is 23.2 Å². The van der Waals surface area contributed by atoms with Crippen molar-refractivity contribution >= 4 is 58.5 Å². The summed E-state index contributed by atoms with van der Waals surface area (Å²) in [4.78, 5) is 26.6. The molecule has 0 bridgehead atoms. The molecule has 2 aliphatic carbocycles. The summed E-state index contributed by atoms with van der Waals surface area (Å²) in [6.07, 6.45) is 8.33. The lowest BCUT2D eigenvalue weighted by Crippen LogP contribution is -2.24. The Bertz CT molecular complexity index is 1980. The van der Waals surface area contributed by atoms with Gasteiger partial charge in [0.05, 0.1) is 5.02 Å². The molecule has 0 saturated carbocycles. The number of rotatable bonds is 4. The highest BCUT2D eigenvalue weighted by Gasteiger charge is 2.20. The summed E-state index contributed by atoms with van der Waals surface area (Å²) in [6.45, 7) is 4.00. The fourth-order valence-corrected chi connectivity index (χ4v) is 5.83. The van der Waals surface area contributed by atoms with Gasteiger partial charge >= 0.3 is 0 Å². The van der Waals surface area contributed by atoms with Crippen molar-refractivity contribution in [3.8, 4) is 0 Å². The van der Waals surface area contributed by atoms with Crippen molar-refractivity contribution < 1.29 is 18.4 Å². The minimum atomic E-state index is -0.520. The van der Waals surface area contributed by atoms with Crippen molar-refractivity contribution in [2.24, 2.45) is 27.9 Å². The molecule has 0 unspecified atom stereocenters. The zero-order valence-electron chi connectivity index (χ0n) is 27.6. The zero-order valence-corrected chi connectivity index (χ0v) is 29.1. The van der Waals surface area contributed by atoms with E-state index in [0.717, 1.165) is 65.4 Å². The molecule has 2 aliphatic rings. The molecule has 0 heterocycles. The van der Waals surface area contributed by atoms with Gasteiger partial charge in [-0.25, -0.2) is 8.78 Å². The third-order valence-electron chi connectivity index (χ3n) is 7.42. The van der Waals surface area contributed by atoms with Crippen molar-refractivity contribution in [1.29, 1.82) is 5.41 Å². The van der Waals surface area contributed by atoms with Crippen molar-refractivity contribution in [1.82, 2.24) is 0 Å². The van der Waals surface area contributed by atoms with Crippen LogP contribution < -0.4 is 22.9 Å². The molecule has 12 heteroatoms. The summed E-state index contributed by atoms with van der Waals surface area (Å²) in [5.41, 5.74) is 27.5. The van der Waals surface area contributed by atoms with Crippen LogP contribution in [0.25, 0.3) is 11.1 Å². The number of aliphatic imine (C=N–C) groups is 1. The van der Waals surface area contributed by atoms with E-state index < -0.39 is 11.7 Å². The van der Waals surface area contributed by atoms with Gasteiger partial charge in [-0.15, -0.1) is 0 Å². The first-order valence-corrected chi connectivity index (χ1v) is 16.4. The lowest BCUT2D eigenvalue weighted by molar-refractivity contribution is 0.100. The maximum absolute atomic E-state index is 13.8. The maximum Gasteiger partial charge on any atom is 0.280 e. The molecule has 0 radical (unpaired) electrons. The molecule has 260 valence electrons. The number of carbonyl (C=O) groups is 2. The second kappa shape index (κ2) is 18.4. The fourth-order valence-electron chi connectivity index (χ4n) is 5.39. The molecule has 4 aromatic carbocycles. The van der Waals surface area contributed by atoms with Gasteiger partial charge in [0.15, 0.2) is 11.9 Å². The summed E-state index contributed by atoms with van der Waals surface area (Å²) < 4.78 is 27.3. The highest BCUT2D eigenvalue weighted by molar-refractivity contribution is 6.33. The third-order valence-corrected chi connectivity index (χ3v) is 8.14. The highest BCUT2D eigenvalue weighted by Crippen LogP contribution is 2.37. The molecule has 50 heavy (non-hydrogen) atoms. The van der Waals surface area contributed by atoms with Gasteiger partial charge in [-0.2, -0.15) is 4.99 Å². The molecular formula is C38H38Cl2F2N6O2. The Balaban J connectivity index is 0.000000237. The smallest absolute Gasteiger partial charge is 0.280 e. The first-order valence-electron chi connectivity index (χ1n) is 15.6. The lowest BCUT2D eigenvalue weighted by atomic mass is 9.86. The van der Waals surface area contributed by atoms with E-state index in [1.165, 1.54) is 18.2 Å². The summed E-state index contributed by atoms with van der Waals surface area (Å²) in [6, 6.07) is 19.9. The summed E-state index contributed by atoms with van der Waals surface area (Å²) in [7, 11) is 0. The number of halogens is 4. The van der Waals surface area contributed by atoms with E-state index in [2.05, 4.69) is 22.5 Å². The van der Waals surface area contributed by atoms with E-state index in [1.54, 1.807) is 30.3 Å². The molecule has 1 amide bonds. The van der Waals surface area contributed by atoms with Gasteiger partial charge in [0.1, 0.15) is 17.9 Å². The van der Waals surface area contributed by atoms with E-state index in [9.17, 15) is 18.4 Å². The molecule has 0 fully saturated rings. The van der Waals surface area contributed by atoms with Crippen LogP contribution in [0.2, 0.25) is 10.0 Å². The molecule has 8 nitrogen and oxygen atoms in total. The van der Waals surface area contributed by atoms with Gasteiger partial charge in [0.25, 0.3) is 5.91 Å². The van der Waals surface area contributed by atoms with Crippen LogP contribution in [0.15, 0.2) is 89.9 Å². The molecular weight excluding hydrogens is 681 g/mol. The van der Waals surface area contributed by atoms with Gasteiger partial charge in [-0.3, -0.25) is 15.0 Å². The summed E-state index contributed by atoms with van der Waals surface area (Å²) >= 11 is 12.3. The molecule has 0 saturated heterocycles. The van der Waals surface area contributed by atoms with Crippen LogP contribution in [0.4, 0.5) is 8.78 Å². The van der Waals surface area contributed by atoms with E-state index in [0.29, 0.717) is 27.3 Å². The number of fused-ring (bicyclic) bond motifs is 2. The monoisotopic (exact) mass is 718 g/mol. The second-order valence-corrected chi connectivity index (χ2v) is 11.5. The fraction of sp³-hybridized carbons (Fsp3) is 0.158. The number of nitrogens with zero attached hydrogens (tertiary/aromatic N) is 1. The topological polar surface area (TPSA) is 174 Å². The Hall–Kier alpha value is -5.32. The van der Waals surface area contributed by atoms with Crippen molar-refractivity contribution in [3.05, 3.63) is 151 Å². The average Bonchev–Trinajstić information content (AvgIpc) is 3.10. The first-order chi connectivity index (χ1) is 23.9. The van der Waals surface area contributed by atoms with Gasteiger partial charge in [0, 0.05) is 27.3 Å². The van der Waals surface area contributed by atoms with Crippen LogP contribution in [0, 0.1) is 17.0 Å². The van der Waals surface area contributed by atoms with Crippen LogP contribution in [0.1, 0.15) is 80.8 Å². The highest BCUT2D eigenvalue weighted by atomic mass is 35.5. The number of guanidine groups is 2. The predicted octanol–water partition coefficient (Wildman–Crippen LogP) is 7.80. The number of nitrogens with one attached hydrogen (secondary N) is 1. The Morgan fingerprint density at radius 2 is 1.36 bits per heavy atom. The van der Waals surface area contributed by atoms with Gasteiger partial charge < -0.3 is 22.9 Å².